The van der Waals surface area contributed by atoms with Crippen LogP contribution in [0.5, 0.6) is 0 Å². The standard InChI is InChI=1S/C13H22N4O/c1-18-10-12-3-2-6-17(9-12)8-11-4-5-15-13(7-11)16-14/h4-5,7,12H,2-3,6,8-10,14H2,1H3,(H,15,16). The highest BCUT2D eigenvalue weighted by Crippen LogP contribution is 2.19. The molecule has 1 aliphatic heterocycles. The fraction of sp³-hybridized carbons (Fsp3) is 0.615. The minimum absolute atomic E-state index is 0.665. The van der Waals surface area contributed by atoms with E-state index in [2.05, 4.69) is 15.3 Å². The van der Waals surface area contributed by atoms with Gasteiger partial charge in [0, 0.05) is 26.4 Å². The molecule has 2 heterocycles. The minimum Gasteiger partial charge on any atom is -0.384 e. The Morgan fingerprint density at radius 2 is 2.50 bits per heavy atom. The molecule has 2 rings (SSSR count). The molecule has 5 heteroatoms. The van der Waals surface area contributed by atoms with E-state index in [-0.39, 0.29) is 0 Å². The van der Waals surface area contributed by atoms with E-state index in [1.165, 1.54) is 18.4 Å². The van der Waals surface area contributed by atoms with E-state index in [4.69, 9.17) is 10.6 Å². The molecule has 0 amide bonds. The molecule has 0 aromatic carbocycles. The van der Waals surface area contributed by atoms with E-state index in [0.29, 0.717) is 5.92 Å². The molecule has 100 valence electrons. The normalized spacial score (nSPS) is 20.9. The predicted molar refractivity (Wildman–Crippen MR) is 71.9 cm³/mol. The largest absolute Gasteiger partial charge is 0.384 e. The van der Waals surface area contributed by atoms with Gasteiger partial charge in [0.05, 0.1) is 6.61 Å². The monoisotopic (exact) mass is 250 g/mol. The smallest absolute Gasteiger partial charge is 0.140 e. The van der Waals surface area contributed by atoms with Gasteiger partial charge in [-0.15, -0.1) is 0 Å². The van der Waals surface area contributed by atoms with E-state index in [1.807, 2.05) is 12.1 Å². The van der Waals surface area contributed by atoms with Crippen molar-refractivity contribution in [2.75, 3.05) is 32.2 Å². The highest BCUT2D eigenvalue weighted by Gasteiger charge is 2.19. The van der Waals surface area contributed by atoms with Gasteiger partial charge in [0.25, 0.3) is 0 Å². The molecule has 1 aliphatic rings. The molecule has 0 saturated carbocycles. The van der Waals surface area contributed by atoms with E-state index in [0.717, 1.165) is 32.1 Å². The fourth-order valence-electron chi connectivity index (χ4n) is 2.58. The third kappa shape index (κ3) is 3.66. The van der Waals surface area contributed by atoms with Crippen LogP contribution in [0.25, 0.3) is 0 Å². The number of aromatic nitrogens is 1. The van der Waals surface area contributed by atoms with E-state index in [9.17, 15) is 0 Å². The summed E-state index contributed by atoms with van der Waals surface area (Å²) in [7, 11) is 1.78. The molecule has 1 fully saturated rings. The van der Waals surface area contributed by atoms with Crippen LogP contribution in [-0.2, 0) is 11.3 Å². The number of anilines is 1. The van der Waals surface area contributed by atoms with Crippen molar-refractivity contribution in [2.24, 2.45) is 11.8 Å². The number of hydrazine groups is 1. The zero-order chi connectivity index (χ0) is 12.8. The summed E-state index contributed by atoms with van der Waals surface area (Å²) in [6.07, 6.45) is 4.32. The Hall–Kier alpha value is -1.17. The lowest BCUT2D eigenvalue weighted by atomic mass is 9.98. The Labute approximate surface area is 108 Å². The number of nitrogens with two attached hydrogens (primary N) is 1. The number of nitrogens with zero attached hydrogens (tertiary/aromatic N) is 2. The van der Waals surface area contributed by atoms with Gasteiger partial charge in [-0.05, 0) is 43.0 Å². The van der Waals surface area contributed by atoms with Crippen molar-refractivity contribution < 1.29 is 4.74 Å². The van der Waals surface area contributed by atoms with Crippen molar-refractivity contribution in [3.8, 4) is 0 Å². The molecule has 0 spiro atoms. The number of likely N-dealkylation sites (tertiary alicyclic amines) is 1. The molecule has 0 aliphatic carbocycles. The Kier molecular flexibility index (Phi) is 4.92. The predicted octanol–water partition coefficient (Wildman–Crippen LogP) is 1.23. The van der Waals surface area contributed by atoms with Gasteiger partial charge in [-0.2, -0.15) is 0 Å². The van der Waals surface area contributed by atoms with Gasteiger partial charge in [-0.3, -0.25) is 4.90 Å². The summed E-state index contributed by atoms with van der Waals surface area (Å²) in [4.78, 5) is 6.60. The zero-order valence-electron chi connectivity index (χ0n) is 10.9. The van der Waals surface area contributed by atoms with Crippen molar-refractivity contribution >= 4 is 5.82 Å². The molecule has 1 unspecified atom stereocenters. The number of nitrogen functional groups attached to an aromatic ring is 1. The maximum Gasteiger partial charge on any atom is 0.140 e. The lowest BCUT2D eigenvalue weighted by molar-refractivity contribution is 0.0874. The van der Waals surface area contributed by atoms with Crippen molar-refractivity contribution in [3.05, 3.63) is 23.9 Å². The molecule has 1 aromatic rings. The molecule has 1 atom stereocenters. The Morgan fingerprint density at radius 3 is 3.28 bits per heavy atom. The zero-order valence-corrected chi connectivity index (χ0v) is 10.9. The first-order valence-corrected chi connectivity index (χ1v) is 6.44. The third-order valence-corrected chi connectivity index (χ3v) is 3.38. The van der Waals surface area contributed by atoms with Crippen molar-refractivity contribution in [2.45, 2.75) is 19.4 Å². The van der Waals surface area contributed by atoms with Gasteiger partial charge in [0.15, 0.2) is 0 Å². The van der Waals surface area contributed by atoms with Crippen LogP contribution in [0, 0.1) is 5.92 Å². The molecule has 5 nitrogen and oxygen atoms in total. The van der Waals surface area contributed by atoms with Gasteiger partial charge in [-0.1, -0.05) is 0 Å². The second-order valence-corrected chi connectivity index (χ2v) is 4.89. The minimum atomic E-state index is 0.665. The van der Waals surface area contributed by atoms with Crippen LogP contribution >= 0.6 is 0 Å². The van der Waals surface area contributed by atoms with Crippen LogP contribution in [0.1, 0.15) is 18.4 Å². The maximum atomic E-state index is 5.37. The first kappa shape index (κ1) is 13.3. The quantitative estimate of drug-likeness (QED) is 0.608. The van der Waals surface area contributed by atoms with Crippen molar-refractivity contribution in [1.29, 1.82) is 0 Å². The van der Waals surface area contributed by atoms with Crippen LogP contribution in [0.2, 0.25) is 0 Å². The van der Waals surface area contributed by atoms with E-state index >= 15 is 0 Å². The molecule has 1 saturated heterocycles. The first-order valence-electron chi connectivity index (χ1n) is 6.44. The van der Waals surface area contributed by atoms with Gasteiger partial charge >= 0.3 is 0 Å². The average Bonchev–Trinajstić information content (AvgIpc) is 2.40. The molecule has 1 aromatic heterocycles. The number of rotatable bonds is 5. The van der Waals surface area contributed by atoms with Crippen molar-refractivity contribution in [3.63, 3.8) is 0 Å². The van der Waals surface area contributed by atoms with Gasteiger partial charge in [-0.25, -0.2) is 10.8 Å². The lowest BCUT2D eigenvalue weighted by Gasteiger charge is -2.32. The SMILES string of the molecule is COCC1CCCN(Cc2ccnc(NN)c2)C1. The van der Waals surface area contributed by atoms with E-state index in [1.54, 1.807) is 13.3 Å². The number of nitrogens with one attached hydrogen (secondary N) is 1. The molecule has 3 N–H and O–H groups in total. The average molecular weight is 250 g/mol. The Morgan fingerprint density at radius 1 is 1.61 bits per heavy atom. The summed E-state index contributed by atoms with van der Waals surface area (Å²) in [5.74, 6) is 6.76. The second kappa shape index (κ2) is 6.68. The van der Waals surface area contributed by atoms with Crippen LogP contribution in [0.4, 0.5) is 5.82 Å². The Bertz CT molecular complexity index is 370. The molecule has 18 heavy (non-hydrogen) atoms. The Balaban J connectivity index is 1.91. The van der Waals surface area contributed by atoms with E-state index < -0.39 is 0 Å². The number of pyridine rings is 1. The number of hydrogen-bond acceptors (Lipinski definition) is 5. The van der Waals surface area contributed by atoms with Crippen LogP contribution in [-0.4, -0.2) is 36.7 Å². The number of methoxy groups -OCH3 is 1. The molecular formula is C13H22N4O. The van der Waals surface area contributed by atoms with Crippen LogP contribution < -0.4 is 11.3 Å². The fourth-order valence-corrected chi connectivity index (χ4v) is 2.58. The van der Waals surface area contributed by atoms with Crippen LogP contribution in [0.3, 0.4) is 0 Å². The lowest BCUT2D eigenvalue weighted by Crippen LogP contribution is -2.36. The molecule has 0 radical (unpaired) electrons. The van der Waals surface area contributed by atoms with Gasteiger partial charge in [0.2, 0.25) is 0 Å². The van der Waals surface area contributed by atoms with Gasteiger partial charge in [0.1, 0.15) is 5.82 Å². The number of piperidine rings is 1. The molecule has 0 bridgehead atoms. The summed E-state index contributed by atoms with van der Waals surface area (Å²) in [6, 6.07) is 4.04. The first-order chi connectivity index (χ1) is 8.81. The number of ether oxygens (including phenoxy) is 1. The topological polar surface area (TPSA) is 63.4 Å². The third-order valence-electron chi connectivity index (χ3n) is 3.38. The van der Waals surface area contributed by atoms with Crippen LogP contribution in [0.15, 0.2) is 18.3 Å². The summed E-state index contributed by atoms with van der Waals surface area (Å²) >= 11 is 0. The van der Waals surface area contributed by atoms with Gasteiger partial charge < -0.3 is 10.2 Å². The van der Waals surface area contributed by atoms with Crippen molar-refractivity contribution in [1.82, 2.24) is 9.88 Å². The summed E-state index contributed by atoms with van der Waals surface area (Å²) in [5, 5.41) is 0. The number of hydrogen-bond donors (Lipinski definition) is 2. The summed E-state index contributed by atoms with van der Waals surface area (Å²) in [5.41, 5.74) is 3.83. The highest BCUT2D eigenvalue weighted by atomic mass is 16.5. The summed E-state index contributed by atoms with van der Waals surface area (Å²) < 4.78 is 5.25. The second-order valence-electron chi connectivity index (χ2n) is 4.89. The maximum absolute atomic E-state index is 5.37. The highest BCUT2D eigenvalue weighted by molar-refractivity contribution is 5.35. The molecular weight excluding hydrogens is 228 g/mol. The summed E-state index contributed by atoms with van der Waals surface area (Å²) in [6.45, 7) is 4.09.